The molecule has 0 aliphatic rings. The molecule has 0 radical (unpaired) electrons. The van der Waals surface area contributed by atoms with Gasteiger partial charge in [-0.2, -0.15) is 0 Å². The number of thioether (sulfide) groups is 1. The maximum Gasteiger partial charge on any atom is 0.0952 e. The van der Waals surface area contributed by atoms with Crippen LogP contribution in [0.1, 0.15) is 16.8 Å². The van der Waals surface area contributed by atoms with E-state index in [0.29, 0.717) is 0 Å². The van der Waals surface area contributed by atoms with Gasteiger partial charge in [0.15, 0.2) is 0 Å². The molecule has 1 aromatic heterocycles. The van der Waals surface area contributed by atoms with E-state index in [0.717, 1.165) is 23.7 Å². The zero-order chi connectivity index (χ0) is 15.4. The molecule has 22 heavy (non-hydrogen) atoms. The van der Waals surface area contributed by atoms with Crippen molar-refractivity contribution < 1.29 is 0 Å². The van der Waals surface area contributed by atoms with Gasteiger partial charge in [-0.05, 0) is 35.6 Å². The van der Waals surface area contributed by atoms with Crippen molar-refractivity contribution in [2.24, 2.45) is 0 Å². The van der Waals surface area contributed by atoms with Gasteiger partial charge in [-0.3, -0.25) is 0 Å². The summed E-state index contributed by atoms with van der Waals surface area (Å²) in [6, 6.07) is 16.4. The molecule has 3 aromatic rings. The van der Waals surface area contributed by atoms with Gasteiger partial charge in [0, 0.05) is 29.1 Å². The van der Waals surface area contributed by atoms with Crippen molar-refractivity contribution in [3.63, 3.8) is 0 Å². The van der Waals surface area contributed by atoms with E-state index in [1.807, 2.05) is 30.6 Å². The van der Waals surface area contributed by atoms with E-state index < -0.39 is 0 Å². The molecule has 0 N–H and O–H groups in total. The van der Waals surface area contributed by atoms with E-state index in [1.54, 1.807) is 11.8 Å². The minimum atomic E-state index is 0.767. The Bertz CT molecular complexity index is 750. The van der Waals surface area contributed by atoms with Crippen LogP contribution in [0, 0.1) is 0 Å². The van der Waals surface area contributed by atoms with Crippen LogP contribution in [0.5, 0.6) is 0 Å². The molecular weight excluding hydrogens is 312 g/mol. The maximum absolute atomic E-state index is 5.92. The monoisotopic (exact) mass is 328 g/mol. The van der Waals surface area contributed by atoms with Crippen molar-refractivity contribution in [2.45, 2.75) is 17.9 Å². The lowest BCUT2D eigenvalue weighted by atomic mass is 10.1. The highest BCUT2D eigenvalue weighted by Gasteiger charge is 2.05. The molecular formula is C18H17ClN2S. The number of nitrogens with zero attached hydrogens (tertiary/aromatic N) is 2. The summed E-state index contributed by atoms with van der Waals surface area (Å²) in [6.45, 7) is 0.814. The molecule has 1 heterocycles. The second-order valence-electron chi connectivity index (χ2n) is 5.15. The third-order valence-electron chi connectivity index (χ3n) is 3.53. The molecule has 0 spiro atoms. The van der Waals surface area contributed by atoms with Gasteiger partial charge in [0.2, 0.25) is 0 Å². The van der Waals surface area contributed by atoms with Crippen molar-refractivity contribution in [3.05, 3.63) is 82.9 Å². The Balaban J connectivity index is 1.72. The van der Waals surface area contributed by atoms with Gasteiger partial charge < -0.3 is 4.57 Å². The van der Waals surface area contributed by atoms with Crippen LogP contribution in [0.2, 0.25) is 5.02 Å². The number of imidazole rings is 1. The number of hydrogen-bond donors (Lipinski definition) is 0. The first-order valence-corrected chi connectivity index (χ1v) is 8.72. The predicted octanol–water partition coefficient (Wildman–Crippen LogP) is 4.90. The summed E-state index contributed by atoms with van der Waals surface area (Å²) in [7, 11) is 0. The van der Waals surface area contributed by atoms with Crippen LogP contribution >= 0.6 is 23.4 Å². The lowest BCUT2D eigenvalue weighted by Gasteiger charge is -2.05. The highest BCUT2D eigenvalue weighted by molar-refractivity contribution is 7.98. The Hall–Kier alpha value is -1.71. The first kappa shape index (κ1) is 15.2. The predicted molar refractivity (Wildman–Crippen MR) is 93.8 cm³/mol. The van der Waals surface area contributed by atoms with Crippen LogP contribution in [0.25, 0.3) is 0 Å². The van der Waals surface area contributed by atoms with Gasteiger partial charge in [0.25, 0.3) is 0 Å². The largest absolute Gasteiger partial charge is 0.333 e. The number of benzene rings is 2. The molecule has 0 aliphatic heterocycles. The number of halogens is 1. The normalized spacial score (nSPS) is 10.8. The molecule has 2 nitrogen and oxygen atoms in total. The fourth-order valence-electron chi connectivity index (χ4n) is 2.43. The van der Waals surface area contributed by atoms with Gasteiger partial charge in [0.1, 0.15) is 0 Å². The third-order valence-corrected chi connectivity index (χ3v) is 4.62. The molecule has 0 unspecified atom stereocenters. The van der Waals surface area contributed by atoms with Crippen molar-refractivity contribution in [2.75, 3.05) is 6.26 Å². The zero-order valence-electron chi connectivity index (χ0n) is 12.4. The second kappa shape index (κ2) is 7.03. The molecule has 0 saturated carbocycles. The molecule has 0 fully saturated rings. The van der Waals surface area contributed by atoms with Crippen LogP contribution in [0.15, 0.2) is 66.0 Å². The smallest absolute Gasteiger partial charge is 0.0952 e. The van der Waals surface area contributed by atoms with E-state index in [-0.39, 0.29) is 0 Å². The summed E-state index contributed by atoms with van der Waals surface area (Å²) in [5.74, 6) is 0. The molecule has 3 rings (SSSR count). The highest BCUT2D eigenvalue weighted by atomic mass is 35.5. The third kappa shape index (κ3) is 3.73. The molecule has 0 bridgehead atoms. The van der Waals surface area contributed by atoms with Gasteiger partial charge in [-0.15, -0.1) is 11.8 Å². The Morgan fingerprint density at radius 2 is 1.86 bits per heavy atom. The summed E-state index contributed by atoms with van der Waals surface area (Å²) >= 11 is 7.69. The minimum Gasteiger partial charge on any atom is -0.333 e. The molecule has 2 aromatic carbocycles. The van der Waals surface area contributed by atoms with Crippen LogP contribution in [-0.4, -0.2) is 15.8 Å². The van der Waals surface area contributed by atoms with E-state index in [1.165, 1.54) is 16.0 Å². The lowest BCUT2D eigenvalue weighted by Crippen LogP contribution is -1.96. The molecule has 112 valence electrons. The van der Waals surface area contributed by atoms with E-state index in [2.05, 4.69) is 46.3 Å². The van der Waals surface area contributed by atoms with E-state index in [9.17, 15) is 0 Å². The van der Waals surface area contributed by atoms with Crippen LogP contribution in [0.3, 0.4) is 0 Å². The van der Waals surface area contributed by atoms with Gasteiger partial charge >= 0.3 is 0 Å². The van der Waals surface area contributed by atoms with E-state index in [4.69, 9.17) is 11.6 Å². The Labute approximate surface area is 140 Å². The SMILES string of the molecule is CSc1ccccc1Cc1cn(Cc2ccc(Cl)cc2)cn1. The number of hydrogen-bond acceptors (Lipinski definition) is 2. The second-order valence-corrected chi connectivity index (χ2v) is 6.44. The standard InChI is InChI=1S/C18H17ClN2S/c1-22-18-5-3-2-4-15(18)10-17-12-21(13-20-17)11-14-6-8-16(19)9-7-14/h2-9,12-13H,10-11H2,1H3. The summed E-state index contributed by atoms with van der Waals surface area (Å²) in [6.07, 6.45) is 6.99. The summed E-state index contributed by atoms with van der Waals surface area (Å²) in [5.41, 5.74) is 3.64. The minimum absolute atomic E-state index is 0.767. The molecule has 0 saturated heterocycles. The number of rotatable bonds is 5. The van der Waals surface area contributed by atoms with Gasteiger partial charge in [0.05, 0.1) is 12.0 Å². The van der Waals surface area contributed by atoms with Gasteiger partial charge in [-0.1, -0.05) is 41.9 Å². The Kier molecular flexibility index (Phi) is 4.86. The average molecular weight is 329 g/mol. The fraction of sp³-hybridized carbons (Fsp3) is 0.167. The summed E-state index contributed by atoms with van der Waals surface area (Å²) < 4.78 is 2.11. The first-order valence-electron chi connectivity index (χ1n) is 7.11. The molecule has 4 heteroatoms. The topological polar surface area (TPSA) is 17.8 Å². The average Bonchev–Trinajstić information content (AvgIpc) is 2.97. The summed E-state index contributed by atoms with van der Waals surface area (Å²) in [5, 5.41) is 0.767. The zero-order valence-corrected chi connectivity index (χ0v) is 13.9. The highest BCUT2D eigenvalue weighted by Crippen LogP contribution is 2.22. The lowest BCUT2D eigenvalue weighted by molar-refractivity contribution is 0.796. The number of aromatic nitrogens is 2. The van der Waals surface area contributed by atoms with Crippen LogP contribution in [0.4, 0.5) is 0 Å². The quantitative estimate of drug-likeness (QED) is 0.620. The molecule has 0 amide bonds. The van der Waals surface area contributed by atoms with Crippen molar-refractivity contribution in [3.8, 4) is 0 Å². The Morgan fingerprint density at radius 1 is 1.09 bits per heavy atom. The van der Waals surface area contributed by atoms with Crippen molar-refractivity contribution in [1.82, 2.24) is 9.55 Å². The fourth-order valence-corrected chi connectivity index (χ4v) is 3.17. The van der Waals surface area contributed by atoms with Crippen molar-refractivity contribution in [1.29, 1.82) is 0 Å². The first-order chi connectivity index (χ1) is 10.7. The Morgan fingerprint density at radius 3 is 2.64 bits per heavy atom. The van der Waals surface area contributed by atoms with Crippen LogP contribution in [-0.2, 0) is 13.0 Å². The summed E-state index contributed by atoms with van der Waals surface area (Å²) in [4.78, 5) is 5.84. The van der Waals surface area contributed by atoms with Crippen LogP contribution < -0.4 is 0 Å². The molecule has 0 aliphatic carbocycles. The molecule has 0 atom stereocenters. The van der Waals surface area contributed by atoms with Crippen molar-refractivity contribution >= 4 is 23.4 Å². The van der Waals surface area contributed by atoms with E-state index >= 15 is 0 Å². The maximum atomic E-state index is 5.92. The van der Waals surface area contributed by atoms with Gasteiger partial charge in [-0.25, -0.2) is 4.98 Å².